The van der Waals surface area contributed by atoms with E-state index in [9.17, 15) is 27.2 Å². The Morgan fingerprint density at radius 2 is 1.91 bits per heavy atom. The van der Waals surface area contributed by atoms with Gasteiger partial charge in [-0.15, -0.1) is 0 Å². The smallest absolute Gasteiger partial charge is 0.416 e. The van der Waals surface area contributed by atoms with Crippen LogP contribution in [0.5, 0.6) is 5.75 Å². The van der Waals surface area contributed by atoms with Crippen LogP contribution in [0, 0.1) is 5.82 Å². The molecule has 2 aromatic carbocycles. The monoisotopic (exact) mass is 466 g/mol. The van der Waals surface area contributed by atoms with Crippen LogP contribution in [0.1, 0.15) is 42.4 Å². The Bertz CT molecular complexity index is 1030. The average molecular weight is 466 g/mol. The molecule has 0 radical (unpaired) electrons. The highest BCUT2D eigenvalue weighted by atomic mass is 19.4. The third kappa shape index (κ3) is 6.03. The van der Waals surface area contributed by atoms with Crippen molar-refractivity contribution in [3.05, 3.63) is 65.0 Å². The number of nitrogens with one attached hydrogen (secondary N) is 1. The van der Waals surface area contributed by atoms with Gasteiger partial charge >= 0.3 is 6.18 Å². The molecule has 9 heteroatoms. The van der Waals surface area contributed by atoms with E-state index >= 15 is 0 Å². The summed E-state index contributed by atoms with van der Waals surface area (Å²) in [5, 5.41) is 2.89. The molecule has 0 saturated carbocycles. The molecule has 0 aliphatic carbocycles. The molecule has 1 atom stereocenters. The van der Waals surface area contributed by atoms with Gasteiger partial charge in [0, 0.05) is 38.0 Å². The number of hydrogen-bond donors (Lipinski definition) is 1. The van der Waals surface area contributed by atoms with Crippen molar-refractivity contribution in [2.45, 2.75) is 50.4 Å². The van der Waals surface area contributed by atoms with Gasteiger partial charge in [-0.2, -0.15) is 13.2 Å². The van der Waals surface area contributed by atoms with Gasteiger partial charge in [-0.3, -0.25) is 9.59 Å². The Morgan fingerprint density at radius 3 is 2.52 bits per heavy atom. The number of nitrogens with zero attached hydrogens (tertiary/aromatic N) is 1. The molecule has 2 aromatic rings. The molecule has 0 spiro atoms. The molecule has 0 aromatic heterocycles. The van der Waals surface area contributed by atoms with E-state index in [2.05, 4.69) is 5.32 Å². The fourth-order valence-electron chi connectivity index (χ4n) is 4.16. The Kier molecular flexibility index (Phi) is 7.29. The molecule has 2 amide bonds. The summed E-state index contributed by atoms with van der Waals surface area (Å²) in [5.74, 6) is -0.634. The Hall–Kier alpha value is -3.10. The highest BCUT2D eigenvalue weighted by Crippen LogP contribution is 2.33. The number of alkyl halides is 3. The van der Waals surface area contributed by atoms with Crippen molar-refractivity contribution in [1.82, 2.24) is 10.2 Å². The number of hydrogen-bond acceptors (Lipinski definition) is 3. The summed E-state index contributed by atoms with van der Waals surface area (Å²) in [6, 6.07) is 9.60. The fourth-order valence-corrected chi connectivity index (χ4v) is 4.16. The standard InChI is InChI=1S/C24H26F4N2O3/c1-30(15-17-5-3-4-6-19(17)24(26,27)28)22(32)10-12-23(11-9-21(31)29-23)14-16-7-8-18(33-2)13-20(16)25/h3-8,13H,9-12,14-15H2,1-2H3,(H,29,31). The van der Waals surface area contributed by atoms with E-state index in [1.807, 2.05) is 0 Å². The van der Waals surface area contributed by atoms with E-state index < -0.39 is 23.1 Å². The maximum atomic E-state index is 14.5. The van der Waals surface area contributed by atoms with Gasteiger partial charge in [0.25, 0.3) is 0 Å². The zero-order valence-electron chi connectivity index (χ0n) is 18.5. The van der Waals surface area contributed by atoms with Crippen LogP contribution < -0.4 is 10.1 Å². The lowest BCUT2D eigenvalue weighted by molar-refractivity contribution is -0.139. The van der Waals surface area contributed by atoms with Gasteiger partial charge in [0.2, 0.25) is 11.8 Å². The molecule has 3 rings (SSSR count). The number of carbonyl (C=O) groups is 2. The molecule has 33 heavy (non-hydrogen) atoms. The molecule has 1 heterocycles. The van der Waals surface area contributed by atoms with E-state index in [1.165, 1.54) is 43.3 Å². The molecular weight excluding hydrogens is 440 g/mol. The van der Waals surface area contributed by atoms with E-state index in [0.29, 0.717) is 17.7 Å². The minimum absolute atomic E-state index is 0.00272. The Balaban J connectivity index is 1.69. The van der Waals surface area contributed by atoms with Crippen LogP contribution in [0.4, 0.5) is 17.6 Å². The summed E-state index contributed by atoms with van der Waals surface area (Å²) in [6.45, 7) is -0.193. The highest BCUT2D eigenvalue weighted by Gasteiger charge is 2.39. The first-order valence-electron chi connectivity index (χ1n) is 10.6. The maximum absolute atomic E-state index is 14.5. The van der Waals surface area contributed by atoms with Gasteiger partial charge in [-0.1, -0.05) is 24.3 Å². The SMILES string of the molecule is COc1ccc(CC2(CCC(=O)N(C)Cc3ccccc3C(F)(F)F)CCC(=O)N2)c(F)c1. The first-order valence-corrected chi connectivity index (χ1v) is 10.6. The quantitative estimate of drug-likeness (QED) is 0.584. The number of amides is 2. The van der Waals surface area contributed by atoms with Crippen molar-refractivity contribution in [1.29, 1.82) is 0 Å². The lowest BCUT2D eigenvalue weighted by atomic mass is 9.84. The van der Waals surface area contributed by atoms with Gasteiger partial charge in [0.15, 0.2) is 0 Å². The first kappa shape index (κ1) is 24.5. The summed E-state index contributed by atoms with van der Waals surface area (Å²) in [4.78, 5) is 25.9. The number of benzene rings is 2. The van der Waals surface area contributed by atoms with Crippen molar-refractivity contribution < 1.29 is 31.9 Å². The minimum Gasteiger partial charge on any atom is -0.497 e. The topological polar surface area (TPSA) is 58.6 Å². The van der Waals surface area contributed by atoms with E-state index in [0.717, 1.165) is 6.07 Å². The highest BCUT2D eigenvalue weighted by molar-refractivity contribution is 5.80. The van der Waals surface area contributed by atoms with Gasteiger partial charge < -0.3 is 15.0 Å². The first-order chi connectivity index (χ1) is 15.5. The van der Waals surface area contributed by atoms with Crippen molar-refractivity contribution >= 4 is 11.8 Å². The summed E-state index contributed by atoms with van der Waals surface area (Å²) in [5.41, 5.74) is -1.19. The van der Waals surface area contributed by atoms with Crippen LogP contribution >= 0.6 is 0 Å². The van der Waals surface area contributed by atoms with Gasteiger partial charge in [0.1, 0.15) is 11.6 Å². The molecule has 1 aliphatic heterocycles. The number of halogens is 4. The number of methoxy groups -OCH3 is 1. The maximum Gasteiger partial charge on any atom is 0.416 e. The molecule has 1 saturated heterocycles. The lowest BCUT2D eigenvalue weighted by Gasteiger charge is -2.30. The summed E-state index contributed by atoms with van der Waals surface area (Å²) in [6.07, 6.45) is -3.37. The fraction of sp³-hybridized carbons (Fsp3) is 0.417. The molecular formula is C24H26F4N2O3. The van der Waals surface area contributed by atoms with Crippen LogP contribution in [-0.4, -0.2) is 36.4 Å². The van der Waals surface area contributed by atoms with Crippen molar-refractivity contribution in [3.63, 3.8) is 0 Å². The van der Waals surface area contributed by atoms with Crippen molar-refractivity contribution in [3.8, 4) is 5.75 Å². The van der Waals surface area contributed by atoms with Gasteiger partial charge in [0.05, 0.1) is 12.7 Å². The van der Waals surface area contributed by atoms with E-state index in [4.69, 9.17) is 4.74 Å². The van der Waals surface area contributed by atoms with E-state index in [1.54, 1.807) is 12.1 Å². The van der Waals surface area contributed by atoms with Crippen LogP contribution in [-0.2, 0) is 28.7 Å². The van der Waals surface area contributed by atoms with Crippen LogP contribution in [0.25, 0.3) is 0 Å². The summed E-state index contributed by atoms with van der Waals surface area (Å²) in [7, 11) is 2.88. The van der Waals surface area contributed by atoms with Crippen LogP contribution in [0.15, 0.2) is 42.5 Å². The van der Waals surface area contributed by atoms with Crippen molar-refractivity contribution in [2.75, 3.05) is 14.2 Å². The molecule has 5 nitrogen and oxygen atoms in total. The van der Waals surface area contributed by atoms with Gasteiger partial charge in [-0.05, 0) is 42.5 Å². The second-order valence-electron chi connectivity index (χ2n) is 8.37. The second kappa shape index (κ2) is 9.80. The third-order valence-corrected chi connectivity index (χ3v) is 6.00. The molecule has 1 aliphatic rings. The third-order valence-electron chi connectivity index (χ3n) is 6.00. The number of carbonyl (C=O) groups excluding carboxylic acids is 2. The number of ether oxygens (including phenoxy) is 1. The number of rotatable bonds is 8. The second-order valence-corrected chi connectivity index (χ2v) is 8.37. The molecule has 1 N–H and O–H groups in total. The van der Waals surface area contributed by atoms with E-state index in [-0.39, 0.29) is 49.6 Å². The average Bonchev–Trinajstić information content (AvgIpc) is 3.13. The minimum atomic E-state index is -4.51. The Labute approximate surface area is 189 Å². The largest absolute Gasteiger partial charge is 0.497 e. The predicted molar refractivity (Wildman–Crippen MR) is 114 cm³/mol. The van der Waals surface area contributed by atoms with Crippen molar-refractivity contribution in [2.24, 2.45) is 0 Å². The lowest BCUT2D eigenvalue weighted by Crippen LogP contribution is -2.44. The molecule has 1 unspecified atom stereocenters. The zero-order chi connectivity index (χ0) is 24.2. The predicted octanol–water partition coefficient (Wildman–Crippen LogP) is 4.48. The van der Waals surface area contributed by atoms with Gasteiger partial charge in [-0.25, -0.2) is 4.39 Å². The summed E-state index contributed by atoms with van der Waals surface area (Å²) >= 11 is 0. The normalized spacial score (nSPS) is 18.2. The van der Waals surface area contributed by atoms with Crippen LogP contribution in [0.3, 0.4) is 0 Å². The Morgan fingerprint density at radius 1 is 1.18 bits per heavy atom. The van der Waals surface area contributed by atoms with Crippen LogP contribution in [0.2, 0.25) is 0 Å². The molecule has 1 fully saturated rings. The summed E-state index contributed by atoms with van der Waals surface area (Å²) < 4.78 is 59.3. The zero-order valence-corrected chi connectivity index (χ0v) is 18.5. The molecule has 178 valence electrons. The molecule has 0 bridgehead atoms.